The summed E-state index contributed by atoms with van der Waals surface area (Å²) in [5, 5.41) is 6.18. The molecule has 1 aliphatic heterocycles. The standard InChI is InChI=1S/C11H14F3N3/c12-11(13,14)9-4-1-5-10(17-9)16-7-8-3-2-6-15-8/h1,4-5,8,15H,2-3,6-7H2,(H,16,17). The molecule has 0 saturated carbocycles. The van der Waals surface area contributed by atoms with E-state index in [9.17, 15) is 13.2 Å². The molecule has 1 aliphatic rings. The highest BCUT2D eigenvalue weighted by Crippen LogP contribution is 2.28. The van der Waals surface area contributed by atoms with Crippen LogP contribution in [0.1, 0.15) is 18.5 Å². The van der Waals surface area contributed by atoms with Crippen LogP contribution in [0.5, 0.6) is 0 Å². The van der Waals surface area contributed by atoms with Crippen molar-refractivity contribution >= 4 is 5.82 Å². The molecule has 1 aromatic heterocycles. The molecular formula is C11H14F3N3. The minimum absolute atomic E-state index is 0.272. The molecular weight excluding hydrogens is 231 g/mol. The lowest BCUT2D eigenvalue weighted by Gasteiger charge is -2.13. The Morgan fingerprint density at radius 1 is 1.41 bits per heavy atom. The summed E-state index contributed by atoms with van der Waals surface area (Å²) in [7, 11) is 0. The van der Waals surface area contributed by atoms with Crippen molar-refractivity contribution in [2.24, 2.45) is 0 Å². The van der Waals surface area contributed by atoms with Gasteiger partial charge >= 0.3 is 6.18 Å². The maximum absolute atomic E-state index is 12.4. The molecule has 94 valence electrons. The van der Waals surface area contributed by atoms with E-state index in [-0.39, 0.29) is 5.82 Å². The monoisotopic (exact) mass is 245 g/mol. The predicted octanol–water partition coefficient (Wildman–Crippen LogP) is 2.26. The van der Waals surface area contributed by atoms with E-state index in [2.05, 4.69) is 15.6 Å². The van der Waals surface area contributed by atoms with Crippen LogP contribution in [0.15, 0.2) is 18.2 Å². The smallest absolute Gasteiger partial charge is 0.368 e. The van der Waals surface area contributed by atoms with Crippen molar-refractivity contribution in [3.05, 3.63) is 23.9 Å². The fourth-order valence-electron chi connectivity index (χ4n) is 1.85. The van der Waals surface area contributed by atoms with Gasteiger partial charge in [0.15, 0.2) is 0 Å². The first-order valence-corrected chi connectivity index (χ1v) is 5.57. The van der Waals surface area contributed by atoms with Gasteiger partial charge in [0.05, 0.1) is 0 Å². The second kappa shape index (κ2) is 4.91. The molecule has 6 heteroatoms. The molecule has 2 N–H and O–H groups in total. The second-order valence-electron chi connectivity index (χ2n) is 4.08. The van der Waals surface area contributed by atoms with Gasteiger partial charge in [0.1, 0.15) is 11.5 Å². The lowest BCUT2D eigenvalue weighted by Crippen LogP contribution is -2.29. The molecule has 3 nitrogen and oxygen atoms in total. The summed E-state index contributed by atoms with van der Waals surface area (Å²) in [6.07, 6.45) is -2.22. The molecule has 1 unspecified atom stereocenters. The molecule has 0 spiro atoms. The number of halogens is 3. The zero-order valence-corrected chi connectivity index (χ0v) is 9.22. The molecule has 1 aromatic rings. The van der Waals surface area contributed by atoms with E-state index in [1.807, 2.05) is 0 Å². The van der Waals surface area contributed by atoms with Crippen LogP contribution in [-0.4, -0.2) is 24.1 Å². The molecule has 0 aliphatic carbocycles. The number of nitrogens with one attached hydrogen (secondary N) is 2. The van der Waals surface area contributed by atoms with E-state index >= 15 is 0 Å². The first-order chi connectivity index (χ1) is 8.05. The lowest BCUT2D eigenvalue weighted by atomic mass is 10.2. The number of hydrogen-bond donors (Lipinski definition) is 2. The lowest BCUT2D eigenvalue weighted by molar-refractivity contribution is -0.141. The molecule has 0 aromatic carbocycles. The van der Waals surface area contributed by atoms with E-state index in [1.165, 1.54) is 6.07 Å². The van der Waals surface area contributed by atoms with Crippen LogP contribution in [-0.2, 0) is 6.18 Å². The molecule has 0 amide bonds. The van der Waals surface area contributed by atoms with E-state index in [0.29, 0.717) is 12.6 Å². The number of aromatic nitrogens is 1. The molecule has 0 radical (unpaired) electrons. The van der Waals surface area contributed by atoms with Crippen molar-refractivity contribution in [1.82, 2.24) is 10.3 Å². The summed E-state index contributed by atoms with van der Waals surface area (Å²) < 4.78 is 37.2. The summed E-state index contributed by atoms with van der Waals surface area (Å²) in [6.45, 7) is 1.58. The number of nitrogens with zero attached hydrogens (tertiary/aromatic N) is 1. The van der Waals surface area contributed by atoms with Gasteiger partial charge in [-0.2, -0.15) is 13.2 Å². The van der Waals surface area contributed by atoms with Crippen LogP contribution in [0, 0.1) is 0 Å². The Labute approximate surface area is 97.4 Å². The Morgan fingerprint density at radius 2 is 2.24 bits per heavy atom. The molecule has 1 fully saturated rings. The number of anilines is 1. The van der Waals surface area contributed by atoms with Crippen LogP contribution in [0.25, 0.3) is 0 Å². The molecule has 0 bridgehead atoms. The summed E-state index contributed by atoms with van der Waals surface area (Å²) in [5.41, 5.74) is -0.859. The van der Waals surface area contributed by atoms with Crippen molar-refractivity contribution < 1.29 is 13.2 Å². The molecule has 17 heavy (non-hydrogen) atoms. The Morgan fingerprint density at radius 3 is 2.88 bits per heavy atom. The van der Waals surface area contributed by atoms with Gasteiger partial charge in [-0.05, 0) is 31.5 Å². The zero-order valence-electron chi connectivity index (χ0n) is 9.22. The van der Waals surface area contributed by atoms with E-state index in [4.69, 9.17) is 0 Å². The fourth-order valence-corrected chi connectivity index (χ4v) is 1.85. The minimum atomic E-state index is -4.39. The second-order valence-corrected chi connectivity index (χ2v) is 4.08. The third-order valence-electron chi connectivity index (χ3n) is 2.73. The van der Waals surface area contributed by atoms with E-state index in [1.54, 1.807) is 6.07 Å². The zero-order chi connectivity index (χ0) is 12.3. The predicted molar refractivity (Wildman–Crippen MR) is 58.8 cm³/mol. The first-order valence-electron chi connectivity index (χ1n) is 5.57. The topological polar surface area (TPSA) is 37.0 Å². The van der Waals surface area contributed by atoms with Gasteiger partial charge in [-0.25, -0.2) is 4.98 Å². The van der Waals surface area contributed by atoms with Crippen LogP contribution in [0.2, 0.25) is 0 Å². The highest BCUT2D eigenvalue weighted by Gasteiger charge is 2.32. The SMILES string of the molecule is FC(F)(F)c1cccc(NCC2CCCN2)n1. The number of rotatable bonds is 3. The Hall–Kier alpha value is -1.30. The van der Waals surface area contributed by atoms with E-state index < -0.39 is 11.9 Å². The van der Waals surface area contributed by atoms with Crippen molar-refractivity contribution in [3.63, 3.8) is 0 Å². The van der Waals surface area contributed by atoms with Gasteiger partial charge in [-0.3, -0.25) is 0 Å². The molecule has 1 atom stereocenters. The van der Waals surface area contributed by atoms with Crippen LogP contribution < -0.4 is 10.6 Å². The third kappa shape index (κ3) is 3.33. The van der Waals surface area contributed by atoms with Gasteiger partial charge in [-0.1, -0.05) is 6.07 Å². The van der Waals surface area contributed by atoms with Crippen molar-refractivity contribution in [2.75, 3.05) is 18.4 Å². The minimum Gasteiger partial charge on any atom is -0.368 e. The molecule has 2 rings (SSSR count). The number of alkyl halides is 3. The Kier molecular flexibility index (Phi) is 3.51. The average molecular weight is 245 g/mol. The van der Waals surface area contributed by atoms with Gasteiger partial charge in [0.25, 0.3) is 0 Å². The fraction of sp³-hybridized carbons (Fsp3) is 0.545. The highest BCUT2D eigenvalue weighted by atomic mass is 19.4. The van der Waals surface area contributed by atoms with Crippen LogP contribution in [0.4, 0.5) is 19.0 Å². The molecule has 1 saturated heterocycles. The average Bonchev–Trinajstić information content (AvgIpc) is 2.78. The largest absolute Gasteiger partial charge is 0.433 e. The van der Waals surface area contributed by atoms with Crippen molar-refractivity contribution in [3.8, 4) is 0 Å². The number of pyridine rings is 1. The van der Waals surface area contributed by atoms with Gasteiger partial charge in [0.2, 0.25) is 0 Å². The normalized spacial score (nSPS) is 20.5. The highest BCUT2D eigenvalue weighted by molar-refractivity contribution is 5.36. The van der Waals surface area contributed by atoms with Gasteiger partial charge in [-0.15, -0.1) is 0 Å². The number of hydrogen-bond acceptors (Lipinski definition) is 3. The molecule has 2 heterocycles. The Bertz CT molecular complexity index is 372. The van der Waals surface area contributed by atoms with Crippen LogP contribution in [0.3, 0.4) is 0 Å². The quantitative estimate of drug-likeness (QED) is 0.857. The van der Waals surface area contributed by atoms with Gasteiger partial charge in [0, 0.05) is 12.6 Å². The summed E-state index contributed by atoms with van der Waals surface area (Å²) in [5.74, 6) is 0.272. The Balaban J connectivity index is 1.96. The van der Waals surface area contributed by atoms with Crippen molar-refractivity contribution in [2.45, 2.75) is 25.1 Å². The summed E-state index contributed by atoms with van der Waals surface area (Å²) in [4.78, 5) is 3.54. The summed E-state index contributed by atoms with van der Waals surface area (Å²) >= 11 is 0. The maximum Gasteiger partial charge on any atom is 0.433 e. The van der Waals surface area contributed by atoms with Gasteiger partial charge < -0.3 is 10.6 Å². The van der Waals surface area contributed by atoms with Crippen molar-refractivity contribution in [1.29, 1.82) is 0 Å². The third-order valence-corrected chi connectivity index (χ3v) is 2.73. The maximum atomic E-state index is 12.4. The first kappa shape index (κ1) is 12.2. The van der Waals surface area contributed by atoms with E-state index in [0.717, 1.165) is 25.5 Å². The van der Waals surface area contributed by atoms with Crippen LogP contribution >= 0.6 is 0 Å². The summed E-state index contributed by atoms with van der Waals surface area (Å²) in [6, 6.07) is 4.20.